The van der Waals surface area contributed by atoms with Gasteiger partial charge in [-0.15, -0.1) is 10.2 Å². The maximum atomic E-state index is 12.7. The average Bonchev–Trinajstić information content (AvgIpc) is 3.52. The lowest BCUT2D eigenvalue weighted by atomic mass is 10.1. The molecule has 4 rings (SSSR count). The molecule has 3 atom stereocenters. The molecule has 152 valence electrons. The van der Waals surface area contributed by atoms with Crippen LogP contribution in [0.2, 0.25) is 0 Å². The highest BCUT2D eigenvalue weighted by Gasteiger charge is 2.37. The fraction of sp³-hybridized carbons (Fsp3) is 0.526. The minimum Gasteiger partial charge on any atom is -0.493 e. The Bertz CT molecular complexity index is 896. The molecule has 2 aromatic rings. The molecule has 0 saturated carbocycles. The number of carbonyl (C=O) groups excluding carboxylic acids is 1. The normalized spacial score (nSPS) is 23.7. The van der Waals surface area contributed by atoms with E-state index in [9.17, 15) is 10.1 Å². The number of aromatic amines is 1. The van der Waals surface area contributed by atoms with E-state index in [2.05, 4.69) is 32.0 Å². The molecule has 0 bridgehead atoms. The Morgan fingerprint density at radius 3 is 3.00 bits per heavy atom. The van der Waals surface area contributed by atoms with Gasteiger partial charge in [0.25, 0.3) is 0 Å². The number of nitrogens with one attached hydrogen (secondary N) is 2. The largest absolute Gasteiger partial charge is 0.493 e. The number of rotatable bonds is 6. The van der Waals surface area contributed by atoms with Crippen molar-refractivity contribution < 1.29 is 14.3 Å². The highest BCUT2D eigenvalue weighted by atomic mass is 16.5. The van der Waals surface area contributed by atoms with Crippen LogP contribution in [0.5, 0.6) is 11.5 Å². The minimum absolute atomic E-state index is 0.0265. The smallest absolute Gasteiger partial charge is 0.240 e. The molecular weight excluding hydrogens is 374 g/mol. The Morgan fingerprint density at radius 1 is 1.34 bits per heavy atom. The van der Waals surface area contributed by atoms with E-state index in [1.165, 1.54) is 0 Å². The molecule has 0 unspecified atom stereocenters. The Hall–Kier alpha value is -3.19. The lowest BCUT2D eigenvalue weighted by Gasteiger charge is -2.24. The molecule has 0 spiro atoms. The predicted octanol–water partition coefficient (Wildman–Crippen LogP) is 0.889. The van der Waals surface area contributed by atoms with E-state index in [1.54, 1.807) is 18.1 Å². The van der Waals surface area contributed by atoms with E-state index in [-0.39, 0.29) is 24.0 Å². The SMILES string of the molecule is COc1cc(-c2nn[nH]n2)ccc1OC[C@H]1CC[C@@H](C(=O)N2CCC[C@H]2C#N)N1. The van der Waals surface area contributed by atoms with Crippen molar-refractivity contribution in [2.75, 3.05) is 20.3 Å². The number of amides is 1. The molecule has 2 N–H and O–H groups in total. The zero-order chi connectivity index (χ0) is 20.2. The quantitative estimate of drug-likeness (QED) is 0.735. The predicted molar refractivity (Wildman–Crippen MR) is 102 cm³/mol. The van der Waals surface area contributed by atoms with Crippen LogP contribution < -0.4 is 14.8 Å². The third kappa shape index (κ3) is 4.00. The van der Waals surface area contributed by atoms with Crippen LogP contribution in [0.15, 0.2) is 18.2 Å². The minimum atomic E-state index is -0.290. The van der Waals surface area contributed by atoms with E-state index in [0.29, 0.717) is 30.5 Å². The van der Waals surface area contributed by atoms with Crippen LogP contribution in [0.4, 0.5) is 0 Å². The van der Waals surface area contributed by atoms with Crippen LogP contribution >= 0.6 is 0 Å². The summed E-state index contributed by atoms with van der Waals surface area (Å²) in [7, 11) is 1.58. The van der Waals surface area contributed by atoms with Crippen molar-refractivity contribution >= 4 is 5.91 Å². The van der Waals surface area contributed by atoms with Gasteiger partial charge < -0.3 is 14.4 Å². The van der Waals surface area contributed by atoms with Gasteiger partial charge in [-0.05, 0) is 49.1 Å². The van der Waals surface area contributed by atoms with E-state index >= 15 is 0 Å². The molecular formula is C19H23N7O3. The molecule has 1 amide bonds. The first-order valence-corrected chi connectivity index (χ1v) is 9.70. The van der Waals surface area contributed by atoms with Gasteiger partial charge in [0.15, 0.2) is 11.5 Å². The van der Waals surface area contributed by atoms with Crippen LogP contribution in [0.25, 0.3) is 11.4 Å². The molecule has 3 heterocycles. The number of aromatic nitrogens is 4. The summed E-state index contributed by atoms with van der Waals surface area (Å²) >= 11 is 0. The number of ether oxygens (including phenoxy) is 2. The lowest BCUT2D eigenvalue weighted by molar-refractivity contribution is -0.133. The molecule has 2 aliphatic rings. The summed E-state index contributed by atoms with van der Waals surface area (Å²) in [5.41, 5.74) is 0.769. The number of nitriles is 1. The number of methoxy groups -OCH3 is 1. The van der Waals surface area contributed by atoms with Gasteiger partial charge in [0.05, 0.1) is 19.2 Å². The van der Waals surface area contributed by atoms with Crippen molar-refractivity contribution in [1.82, 2.24) is 30.8 Å². The summed E-state index contributed by atoms with van der Waals surface area (Å²) in [4.78, 5) is 14.4. The fourth-order valence-electron chi connectivity index (χ4n) is 3.91. The van der Waals surface area contributed by atoms with Gasteiger partial charge in [-0.1, -0.05) is 0 Å². The summed E-state index contributed by atoms with van der Waals surface area (Å²) in [6, 6.07) is 7.20. The van der Waals surface area contributed by atoms with Crippen molar-refractivity contribution in [3.8, 4) is 29.0 Å². The van der Waals surface area contributed by atoms with E-state index < -0.39 is 0 Å². The highest BCUT2D eigenvalue weighted by molar-refractivity contribution is 5.83. The molecule has 1 aromatic carbocycles. The summed E-state index contributed by atoms with van der Waals surface area (Å²) in [6.45, 7) is 1.09. The van der Waals surface area contributed by atoms with Gasteiger partial charge in [0.1, 0.15) is 12.6 Å². The zero-order valence-corrected chi connectivity index (χ0v) is 16.2. The molecule has 2 fully saturated rings. The van der Waals surface area contributed by atoms with Crippen molar-refractivity contribution in [2.24, 2.45) is 0 Å². The van der Waals surface area contributed by atoms with E-state index in [0.717, 1.165) is 31.2 Å². The van der Waals surface area contributed by atoms with Crippen molar-refractivity contribution in [3.63, 3.8) is 0 Å². The molecule has 2 saturated heterocycles. The Morgan fingerprint density at radius 2 is 2.24 bits per heavy atom. The van der Waals surface area contributed by atoms with Gasteiger partial charge in [0, 0.05) is 18.2 Å². The molecule has 2 aliphatic heterocycles. The van der Waals surface area contributed by atoms with Gasteiger partial charge >= 0.3 is 0 Å². The molecule has 0 aliphatic carbocycles. The summed E-state index contributed by atoms with van der Waals surface area (Å²) in [6.07, 6.45) is 3.24. The van der Waals surface area contributed by atoms with Crippen molar-refractivity contribution in [1.29, 1.82) is 5.26 Å². The second-order valence-corrected chi connectivity index (χ2v) is 7.22. The second-order valence-electron chi connectivity index (χ2n) is 7.22. The standard InChI is InChI=1S/C19H23N7O3/c1-28-17-9-12(18-22-24-25-23-18)4-7-16(17)29-11-13-5-6-15(21-13)19(27)26-8-2-3-14(26)10-20/h4,7,9,13-15,21H,2-3,5-6,8,11H2,1H3,(H,22,23,24,25)/t13-,14+,15+/m1/s1. The Balaban J connectivity index is 1.34. The number of hydrogen-bond acceptors (Lipinski definition) is 8. The Labute approximate surface area is 168 Å². The lowest BCUT2D eigenvalue weighted by Crippen LogP contribution is -2.47. The number of nitrogens with zero attached hydrogens (tertiary/aromatic N) is 5. The number of carbonyl (C=O) groups is 1. The second kappa shape index (κ2) is 8.45. The summed E-state index contributed by atoms with van der Waals surface area (Å²) in [5.74, 6) is 1.69. The number of hydrogen-bond donors (Lipinski definition) is 2. The van der Waals surface area contributed by atoms with Crippen LogP contribution in [0.1, 0.15) is 25.7 Å². The first kappa shape index (κ1) is 19.1. The monoisotopic (exact) mass is 397 g/mol. The first-order chi connectivity index (χ1) is 14.2. The number of tetrazole rings is 1. The van der Waals surface area contributed by atoms with Crippen LogP contribution in [0.3, 0.4) is 0 Å². The highest BCUT2D eigenvalue weighted by Crippen LogP contribution is 2.31. The van der Waals surface area contributed by atoms with Gasteiger partial charge in [-0.3, -0.25) is 10.1 Å². The Kier molecular flexibility index (Phi) is 5.57. The average molecular weight is 397 g/mol. The van der Waals surface area contributed by atoms with Gasteiger partial charge in [-0.25, -0.2) is 0 Å². The third-order valence-electron chi connectivity index (χ3n) is 5.43. The molecule has 10 heteroatoms. The van der Waals surface area contributed by atoms with E-state index in [4.69, 9.17) is 9.47 Å². The number of H-pyrrole nitrogens is 1. The molecule has 0 radical (unpaired) electrons. The fourth-order valence-corrected chi connectivity index (χ4v) is 3.91. The molecule has 10 nitrogen and oxygen atoms in total. The number of benzene rings is 1. The van der Waals surface area contributed by atoms with Gasteiger partial charge in [0.2, 0.25) is 11.7 Å². The van der Waals surface area contributed by atoms with Crippen LogP contribution in [-0.4, -0.2) is 69.8 Å². The molecule has 1 aromatic heterocycles. The van der Waals surface area contributed by atoms with Gasteiger partial charge in [-0.2, -0.15) is 10.5 Å². The summed E-state index contributed by atoms with van der Waals surface area (Å²) in [5, 5.41) is 26.5. The maximum absolute atomic E-state index is 12.7. The van der Waals surface area contributed by atoms with E-state index in [1.807, 2.05) is 12.1 Å². The third-order valence-corrected chi connectivity index (χ3v) is 5.43. The molecule has 29 heavy (non-hydrogen) atoms. The zero-order valence-electron chi connectivity index (χ0n) is 16.2. The van der Waals surface area contributed by atoms with Crippen LogP contribution in [-0.2, 0) is 4.79 Å². The van der Waals surface area contributed by atoms with Crippen LogP contribution in [0, 0.1) is 11.3 Å². The van der Waals surface area contributed by atoms with Crippen molar-refractivity contribution in [2.45, 2.75) is 43.8 Å². The first-order valence-electron chi connectivity index (χ1n) is 9.70. The topological polar surface area (TPSA) is 129 Å². The van der Waals surface area contributed by atoms with Crippen molar-refractivity contribution in [3.05, 3.63) is 18.2 Å². The summed E-state index contributed by atoms with van der Waals surface area (Å²) < 4.78 is 11.4. The number of likely N-dealkylation sites (tertiary alicyclic amines) is 1. The maximum Gasteiger partial charge on any atom is 0.240 e.